The van der Waals surface area contributed by atoms with Crippen LogP contribution in [-0.4, -0.2) is 35.0 Å². The highest BCUT2D eigenvalue weighted by Gasteiger charge is 2.11. The Balaban J connectivity index is 0. The van der Waals surface area contributed by atoms with E-state index in [4.69, 9.17) is 5.11 Å². The van der Waals surface area contributed by atoms with Crippen molar-refractivity contribution >= 4 is 11.9 Å². The minimum absolute atomic E-state index is 0.464. The van der Waals surface area contributed by atoms with E-state index in [1.54, 1.807) is 6.92 Å². The molecule has 0 bridgehead atoms. The third-order valence-electron chi connectivity index (χ3n) is 2.43. The molecule has 5 nitrogen and oxygen atoms in total. The number of nitrogens with zero attached hydrogens (tertiary/aromatic N) is 1. The molecule has 0 aliphatic carbocycles. The number of hydrogen-bond donors (Lipinski definition) is 2. The summed E-state index contributed by atoms with van der Waals surface area (Å²) in [5.41, 5.74) is 5.94. The number of allylic oxidation sites excluding steroid dienone is 1. The van der Waals surface area contributed by atoms with E-state index in [9.17, 15) is 9.59 Å². The van der Waals surface area contributed by atoms with Crippen molar-refractivity contribution in [2.75, 3.05) is 13.1 Å². The van der Waals surface area contributed by atoms with Gasteiger partial charge in [0.25, 0.3) is 0 Å². The first-order chi connectivity index (χ1) is 8.35. The van der Waals surface area contributed by atoms with Crippen molar-refractivity contribution in [1.82, 2.24) is 4.90 Å². The van der Waals surface area contributed by atoms with Gasteiger partial charge in [-0.15, -0.1) is 0 Å². The van der Waals surface area contributed by atoms with Gasteiger partial charge in [-0.05, 0) is 33.3 Å². The number of carboxylic acid groups (broad SMARTS) is 1. The normalized spacial score (nSPS) is 10.7. The van der Waals surface area contributed by atoms with Crippen molar-refractivity contribution in [1.29, 1.82) is 0 Å². The molecule has 0 aromatic rings. The first kappa shape index (κ1) is 18.6. The van der Waals surface area contributed by atoms with Gasteiger partial charge in [0.15, 0.2) is 0 Å². The second-order valence-corrected chi connectivity index (χ2v) is 3.51. The number of rotatable bonds is 6. The highest BCUT2D eigenvalue weighted by atomic mass is 16.4. The molecule has 18 heavy (non-hydrogen) atoms. The van der Waals surface area contributed by atoms with Crippen LogP contribution < -0.4 is 5.73 Å². The van der Waals surface area contributed by atoms with Crippen molar-refractivity contribution in [2.24, 2.45) is 5.73 Å². The zero-order valence-corrected chi connectivity index (χ0v) is 11.7. The van der Waals surface area contributed by atoms with Crippen LogP contribution in [0.2, 0.25) is 0 Å². The van der Waals surface area contributed by atoms with Crippen LogP contribution in [0, 0.1) is 0 Å². The SMILES string of the molecule is C=CC(N)=O.CC/C(=C(/C)C(=O)O)N(CC)CC. The molecule has 3 N–H and O–H groups in total. The fraction of sp³-hybridized carbons (Fsp3) is 0.538. The number of carboxylic acids is 1. The van der Waals surface area contributed by atoms with E-state index < -0.39 is 11.9 Å². The van der Waals surface area contributed by atoms with Crippen LogP contribution >= 0.6 is 0 Å². The summed E-state index contributed by atoms with van der Waals surface area (Å²) in [6, 6.07) is 0. The predicted octanol–water partition coefficient (Wildman–Crippen LogP) is 1.75. The van der Waals surface area contributed by atoms with Crippen LogP contribution in [0.25, 0.3) is 0 Å². The molecule has 0 saturated heterocycles. The van der Waals surface area contributed by atoms with Crippen LogP contribution in [0.1, 0.15) is 34.1 Å². The van der Waals surface area contributed by atoms with Gasteiger partial charge in [0.2, 0.25) is 5.91 Å². The molecule has 0 rings (SSSR count). The molecule has 5 heteroatoms. The van der Waals surface area contributed by atoms with E-state index in [0.717, 1.165) is 31.3 Å². The summed E-state index contributed by atoms with van der Waals surface area (Å²) in [7, 11) is 0. The number of hydrogen-bond acceptors (Lipinski definition) is 3. The molecule has 0 saturated carbocycles. The minimum atomic E-state index is -0.816. The van der Waals surface area contributed by atoms with Gasteiger partial charge < -0.3 is 15.7 Å². The molecule has 104 valence electrons. The Labute approximate surface area is 109 Å². The first-order valence-corrected chi connectivity index (χ1v) is 5.95. The zero-order valence-electron chi connectivity index (χ0n) is 11.7. The van der Waals surface area contributed by atoms with Crippen molar-refractivity contribution in [3.8, 4) is 0 Å². The van der Waals surface area contributed by atoms with Gasteiger partial charge in [-0.3, -0.25) is 4.79 Å². The predicted molar refractivity (Wildman–Crippen MR) is 72.9 cm³/mol. The summed E-state index contributed by atoms with van der Waals surface area (Å²) in [6.45, 7) is 12.5. The molecule has 0 aliphatic heterocycles. The van der Waals surface area contributed by atoms with E-state index >= 15 is 0 Å². The average molecular weight is 256 g/mol. The largest absolute Gasteiger partial charge is 0.478 e. The molecule has 0 aliphatic rings. The maximum Gasteiger partial charge on any atom is 0.333 e. The summed E-state index contributed by atoms with van der Waals surface area (Å²) < 4.78 is 0. The van der Waals surface area contributed by atoms with Crippen LogP contribution in [-0.2, 0) is 9.59 Å². The van der Waals surface area contributed by atoms with Gasteiger partial charge >= 0.3 is 5.97 Å². The maximum atomic E-state index is 10.8. The van der Waals surface area contributed by atoms with E-state index in [1.807, 2.05) is 20.8 Å². The number of carbonyl (C=O) groups excluding carboxylic acids is 1. The third kappa shape index (κ3) is 7.49. The standard InChI is InChI=1S/C10H19NO2.C3H5NO/c1-5-9(8(4)10(12)13)11(6-2)7-3;1-2-3(4)5/h5-7H2,1-4H3,(H,12,13);2H,1H2,(H2,4,5)/b9-8+;. The molecule has 0 fully saturated rings. The summed E-state index contributed by atoms with van der Waals surface area (Å²) in [5.74, 6) is -1.30. The monoisotopic (exact) mass is 256 g/mol. The first-order valence-electron chi connectivity index (χ1n) is 5.95. The number of aliphatic carboxylic acids is 1. The molecular formula is C13H24N2O3. The van der Waals surface area contributed by atoms with Crippen molar-refractivity contribution in [2.45, 2.75) is 34.1 Å². The van der Waals surface area contributed by atoms with Gasteiger partial charge in [-0.1, -0.05) is 13.5 Å². The lowest BCUT2D eigenvalue weighted by Crippen LogP contribution is -2.24. The molecule has 0 radical (unpaired) electrons. The van der Waals surface area contributed by atoms with Gasteiger partial charge in [0, 0.05) is 18.8 Å². The molecular weight excluding hydrogens is 232 g/mol. The maximum absolute atomic E-state index is 10.8. The van der Waals surface area contributed by atoms with Gasteiger partial charge in [-0.25, -0.2) is 4.79 Å². The summed E-state index contributed by atoms with van der Waals surface area (Å²) in [5, 5.41) is 8.84. The highest BCUT2D eigenvalue weighted by molar-refractivity contribution is 5.86. The van der Waals surface area contributed by atoms with Gasteiger partial charge in [-0.2, -0.15) is 0 Å². The van der Waals surface area contributed by atoms with Gasteiger partial charge in [0.1, 0.15) is 0 Å². The second-order valence-electron chi connectivity index (χ2n) is 3.51. The Morgan fingerprint density at radius 3 is 1.83 bits per heavy atom. The Hall–Kier alpha value is -1.78. The van der Waals surface area contributed by atoms with Gasteiger partial charge in [0.05, 0.1) is 5.57 Å². The molecule has 0 heterocycles. The molecule has 0 aromatic carbocycles. The quantitative estimate of drug-likeness (QED) is 0.709. The summed E-state index contributed by atoms with van der Waals surface area (Å²) in [6.07, 6.45) is 1.83. The fourth-order valence-corrected chi connectivity index (χ4v) is 1.45. The van der Waals surface area contributed by atoms with Crippen molar-refractivity contribution in [3.63, 3.8) is 0 Å². The number of amides is 1. The summed E-state index contributed by atoms with van der Waals surface area (Å²) >= 11 is 0. The number of carbonyl (C=O) groups is 2. The molecule has 1 amide bonds. The number of primary amides is 1. The molecule has 0 atom stereocenters. The Bertz CT molecular complexity index is 318. The lowest BCUT2D eigenvalue weighted by atomic mass is 10.1. The Kier molecular flexibility index (Phi) is 10.7. The van der Waals surface area contributed by atoms with Crippen LogP contribution in [0.5, 0.6) is 0 Å². The summed E-state index contributed by atoms with van der Waals surface area (Å²) in [4.78, 5) is 22.3. The van der Waals surface area contributed by atoms with Crippen molar-refractivity contribution < 1.29 is 14.7 Å². The minimum Gasteiger partial charge on any atom is -0.478 e. The zero-order chi connectivity index (χ0) is 14.7. The van der Waals surface area contributed by atoms with E-state index in [2.05, 4.69) is 17.2 Å². The molecule has 0 spiro atoms. The van der Waals surface area contributed by atoms with Crippen LogP contribution in [0.4, 0.5) is 0 Å². The Morgan fingerprint density at radius 2 is 1.67 bits per heavy atom. The fourth-order valence-electron chi connectivity index (χ4n) is 1.45. The average Bonchev–Trinajstić information content (AvgIpc) is 2.35. The van der Waals surface area contributed by atoms with E-state index in [0.29, 0.717) is 5.57 Å². The lowest BCUT2D eigenvalue weighted by molar-refractivity contribution is -0.132. The third-order valence-corrected chi connectivity index (χ3v) is 2.43. The van der Waals surface area contributed by atoms with Crippen LogP contribution in [0.3, 0.4) is 0 Å². The molecule has 0 aromatic heterocycles. The van der Waals surface area contributed by atoms with Crippen LogP contribution in [0.15, 0.2) is 23.9 Å². The highest BCUT2D eigenvalue weighted by Crippen LogP contribution is 2.13. The molecule has 0 unspecified atom stereocenters. The second kappa shape index (κ2) is 10.4. The van der Waals surface area contributed by atoms with Crippen molar-refractivity contribution in [3.05, 3.63) is 23.9 Å². The lowest BCUT2D eigenvalue weighted by Gasteiger charge is -2.24. The number of nitrogens with two attached hydrogens (primary N) is 1. The topological polar surface area (TPSA) is 83.6 Å². The smallest absolute Gasteiger partial charge is 0.333 e. The van der Waals surface area contributed by atoms with E-state index in [1.165, 1.54) is 0 Å². The van der Waals surface area contributed by atoms with E-state index in [-0.39, 0.29) is 0 Å². The Morgan fingerprint density at radius 1 is 1.28 bits per heavy atom.